The minimum absolute atomic E-state index is 0.494. The molecule has 0 N–H and O–H groups in total. The molecule has 0 unspecified atom stereocenters. The number of hydrogen-bond acceptors (Lipinski definition) is 4. The highest BCUT2D eigenvalue weighted by Gasteiger charge is 2.25. The number of hydrogen-bond donors (Lipinski definition) is 0. The van der Waals surface area contributed by atoms with Crippen molar-refractivity contribution >= 4 is 0 Å². The van der Waals surface area contributed by atoms with Crippen molar-refractivity contribution in [2.24, 2.45) is 7.05 Å². The van der Waals surface area contributed by atoms with Crippen LogP contribution in [0.5, 0.6) is 5.75 Å². The van der Waals surface area contributed by atoms with E-state index in [2.05, 4.69) is 43.2 Å². The summed E-state index contributed by atoms with van der Waals surface area (Å²) in [6.45, 7) is 2.98. The number of aryl methyl sites for hydroxylation is 1. The van der Waals surface area contributed by atoms with E-state index in [1.807, 2.05) is 36.9 Å². The Hall–Kier alpha value is -2.60. The molecule has 26 heavy (non-hydrogen) atoms. The molecule has 1 atom stereocenters. The predicted octanol–water partition coefficient (Wildman–Crippen LogP) is 2.99. The molecular weight excluding hydrogens is 326 g/mol. The number of rotatable bonds is 5. The Morgan fingerprint density at radius 1 is 1.12 bits per heavy atom. The van der Waals surface area contributed by atoms with Gasteiger partial charge in [-0.25, -0.2) is 9.97 Å². The lowest BCUT2D eigenvalue weighted by atomic mass is 9.97. The zero-order valence-corrected chi connectivity index (χ0v) is 15.4. The van der Waals surface area contributed by atoms with Crippen molar-refractivity contribution in [2.45, 2.75) is 25.3 Å². The number of ether oxygens (including phenoxy) is 1. The first kappa shape index (κ1) is 16.8. The number of likely N-dealkylation sites (tertiary alicyclic amines) is 1. The maximum Gasteiger partial charge on any atom is 0.127 e. The molecule has 3 aromatic rings. The molecule has 1 aliphatic rings. The molecule has 6 heteroatoms. The van der Waals surface area contributed by atoms with Gasteiger partial charge >= 0.3 is 0 Å². The summed E-state index contributed by atoms with van der Waals surface area (Å²) in [4.78, 5) is 11.7. The summed E-state index contributed by atoms with van der Waals surface area (Å²) in [5, 5.41) is 0. The van der Waals surface area contributed by atoms with Crippen molar-refractivity contribution in [1.29, 1.82) is 0 Å². The van der Waals surface area contributed by atoms with Gasteiger partial charge in [-0.2, -0.15) is 0 Å². The fourth-order valence-electron chi connectivity index (χ4n) is 3.81. The zero-order chi connectivity index (χ0) is 17.9. The molecule has 4 rings (SSSR count). The number of piperidine rings is 1. The van der Waals surface area contributed by atoms with Crippen LogP contribution in [-0.4, -0.2) is 44.2 Å². The second-order valence-corrected chi connectivity index (χ2v) is 6.88. The second-order valence-electron chi connectivity index (χ2n) is 6.88. The highest BCUT2D eigenvalue weighted by molar-refractivity contribution is 5.38. The van der Waals surface area contributed by atoms with Crippen LogP contribution in [0.1, 0.15) is 30.4 Å². The van der Waals surface area contributed by atoms with Crippen molar-refractivity contribution in [2.75, 3.05) is 20.2 Å². The van der Waals surface area contributed by atoms with E-state index in [0.717, 1.165) is 36.9 Å². The van der Waals surface area contributed by atoms with Crippen molar-refractivity contribution in [1.82, 2.24) is 24.0 Å². The van der Waals surface area contributed by atoms with Crippen LogP contribution < -0.4 is 4.74 Å². The van der Waals surface area contributed by atoms with Gasteiger partial charge in [0.1, 0.15) is 17.4 Å². The van der Waals surface area contributed by atoms with E-state index in [1.165, 1.54) is 18.7 Å². The van der Waals surface area contributed by atoms with Gasteiger partial charge in [0.05, 0.1) is 13.7 Å². The molecule has 0 bridgehead atoms. The van der Waals surface area contributed by atoms with E-state index in [4.69, 9.17) is 4.74 Å². The maximum absolute atomic E-state index is 5.25. The molecule has 2 aromatic heterocycles. The summed E-state index contributed by atoms with van der Waals surface area (Å²) < 4.78 is 9.56. The number of benzene rings is 1. The Morgan fingerprint density at radius 2 is 1.92 bits per heavy atom. The lowest BCUT2D eigenvalue weighted by Crippen LogP contribution is -2.35. The molecule has 1 aromatic carbocycles. The van der Waals surface area contributed by atoms with Crippen molar-refractivity contribution in [3.05, 3.63) is 60.7 Å². The summed E-state index contributed by atoms with van der Waals surface area (Å²) in [5.41, 5.74) is 1.11. The normalized spacial score (nSPS) is 18.2. The number of imidazole rings is 2. The summed E-state index contributed by atoms with van der Waals surface area (Å²) in [5.74, 6) is 3.61. The van der Waals surface area contributed by atoms with Gasteiger partial charge in [0.15, 0.2) is 0 Å². The van der Waals surface area contributed by atoms with Gasteiger partial charge in [-0.1, -0.05) is 0 Å². The Bertz CT molecular complexity index is 851. The van der Waals surface area contributed by atoms with E-state index in [-0.39, 0.29) is 0 Å². The highest BCUT2D eigenvalue weighted by Crippen LogP contribution is 2.26. The van der Waals surface area contributed by atoms with Crippen LogP contribution in [0.4, 0.5) is 0 Å². The van der Waals surface area contributed by atoms with E-state index >= 15 is 0 Å². The van der Waals surface area contributed by atoms with Gasteiger partial charge < -0.3 is 13.9 Å². The van der Waals surface area contributed by atoms with E-state index < -0.39 is 0 Å². The second kappa shape index (κ2) is 7.33. The SMILES string of the molecule is COc1ccc(-n2ccnc2CN2CCC[C@@H](c3nccn3C)C2)cc1. The van der Waals surface area contributed by atoms with Crippen LogP contribution in [-0.2, 0) is 13.6 Å². The van der Waals surface area contributed by atoms with Crippen LogP contribution in [0.3, 0.4) is 0 Å². The highest BCUT2D eigenvalue weighted by atomic mass is 16.5. The molecule has 1 fully saturated rings. The molecule has 0 radical (unpaired) electrons. The fourth-order valence-corrected chi connectivity index (χ4v) is 3.81. The molecule has 0 aliphatic carbocycles. The van der Waals surface area contributed by atoms with E-state index in [1.54, 1.807) is 7.11 Å². The zero-order valence-electron chi connectivity index (χ0n) is 15.4. The number of methoxy groups -OCH3 is 1. The maximum atomic E-state index is 5.25. The molecule has 1 saturated heterocycles. The van der Waals surface area contributed by atoms with Crippen LogP contribution in [0, 0.1) is 0 Å². The summed E-state index contributed by atoms with van der Waals surface area (Å²) >= 11 is 0. The van der Waals surface area contributed by atoms with Gasteiger partial charge in [-0.15, -0.1) is 0 Å². The van der Waals surface area contributed by atoms with Crippen molar-refractivity contribution in [3.63, 3.8) is 0 Å². The first-order chi connectivity index (χ1) is 12.7. The number of nitrogens with zero attached hydrogens (tertiary/aromatic N) is 5. The van der Waals surface area contributed by atoms with Crippen LogP contribution in [0.25, 0.3) is 5.69 Å². The summed E-state index contributed by atoms with van der Waals surface area (Å²) in [7, 11) is 3.77. The minimum Gasteiger partial charge on any atom is -0.497 e. The Kier molecular flexibility index (Phi) is 4.75. The smallest absolute Gasteiger partial charge is 0.127 e. The topological polar surface area (TPSA) is 48.1 Å². The standard InChI is InChI=1S/C20H25N5O/c1-23-12-9-22-20(23)16-4-3-11-24(14-16)15-19-21-10-13-25(19)17-5-7-18(26-2)8-6-17/h5-10,12-13,16H,3-4,11,14-15H2,1-2H3/t16-/m1/s1. The average Bonchev–Trinajstić information content (AvgIpc) is 3.31. The van der Waals surface area contributed by atoms with Gasteiger partial charge in [-0.05, 0) is 43.7 Å². The van der Waals surface area contributed by atoms with Gasteiger partial charge in [0, 0.05) is 50.0 Å². The number of aromatic nitrogens is 4. The largest absolute Gasteiger partial charge is 0.497 e. The summed E-state index contributed by atoms with van der Waals surface area (Å²) in [6.07, 6.45) is 10.2. The minimum atomic E-state index is 0.494. The first-order valence-corrected chi connectivity index (χ1v) is 9.11. The van der Waals surface area contributed by atoms with Crippen LogP contribution in [0.15, 0.2) is 49.1 Å². The van der Waals surface area contributed by atoms with Gasteiger partial charge in [0.2, 0.25) is 0 Å². The first-order valence-electron chi connectivity index (χ1n) is 9.11. The molecule has 0 spiro atoms. The van der Waals surface area contributed by atoms with Crippen molar-refractivity contribution < 1.29 is 4.74 Å². The Morgan fingerprint density at radius 3 is 2.65 bits per heavy atom. The quantitative estimate of drug-likeness (QED) is 0.709. The third kappa shape index (κ3) is 3.37. The van der Waals surface area contributed by atoms with Gasteiger partial charge in [0.25, 0.3) is 0 Å². The van der Waals surface area contributed by atoms with E-state index in [9.17, 15) is 0 Å². The molecule has 1 aliphatic heterocycles. The van der Waals surface area contributed by atoms with E-state index in [0.29, 0.717) is 5.92 Å². The third-order valence-corrected chi connectivity index (χ3v) is 5.16. The summed E-state index contributed by atoms with van der Waals surface area (Å²) in [6, 6.07) is 8.10. The van der Waals surface area contributed by atoms with Crippen LogP contribution in [0.2, 0.25) is 0 Å². The third-order valence-electron chi connectivity index (χ3n) is 5.16. The molecular formula is C20H25N5O. The van der Waals surface area contributed by atoms with Crippen molar-refractivity contribution in [3.8, 4) is 11.4 Å². The Labute approximate surface area is 154 Å². The molecule has 0 saturated carbocycles. The Balaban J connectivity index is 1.49. The molecule has 3 heterocycles. The molecule has 0 amide bonds. The average molecular weight is 351 g/mol. The molecule has 136 valence electrons. The molecule has 6 nitrogen and oxygen atoms in total. The lowest BCUT2D eigenvalue weighted by Gasteiger charge is -2.32. The monoisotopic (exact) mass is 351 g/mol. The van der Waals surface area contributed by atoms with Crippen LogP contribution >= 0.6 is 0 Å². The van der Waals surface area contributed by atoms with Gasteiger partial charge in [-0.3, -0.25) is 4.90 Å². The fraction of sp³-hybridized carbons (Fsp3) is 0.400. The lowest BCUT2D eigenvalue weighted by molar-refractivity contribution is 0.190. The predicted molar refractivity (Wildman–Crippen MR) is 101 cm³/mol.